The zero-order valence-electron chi connectivity index (χ0n) is 9.36. The fourth-order valence-corrected chi connectivity index (χ4v) is 2.75. The zero-order chi connectivity index (χ0) is 11.4. The number of anilines is 1. The van der Waals surface area contributed by atoms with E-state index in [0.717, 1.165) is 12.4 Å². The Balaban J connectivity index is 1.92. The average Bonchev–Trinajstić information content (AvgIpc) is 2.29. The van der Waals surface area contributed by atoms with Crippen LogP contribution in [0.5, 0.6) is 0 Å². The number of rotatable bonds is 4. The maximum absolute atomic E-state index is 8.66. The summed E-state index contributed by atoms with van der Waals surface area (Å²) >= 11 is 1.94. The summed E-state index contributed by atoms with van der Waals surface area (Å²) in [6, 6.07) is 5.73. The first kappa shape index (κ1) is 11.3. The molecule has 0 radical (unpaired) electrons. The Morgan fingerprint density at radius 1 is 1.56 bits per heavy atom. The summed E-state index contributed by atoms with van der Waals surface area (Å²) in [6.07, 6.45) is 7.69. The van der Waals surface area contributed by atoms with Crippen molar-refractivity contribution in [2.75, 3.05) is 18.1 Å². The standard InChI is InChI=1S/C12H15N3S/c1-16-12(5-2-6-12)9-15-11-4-3-10(7-13)8-14-11/h3-4,8H,2,5-6,9H2,1H3,(H,14,15). The number of nitriles is 1. The van der Waals surface area contributed by atoms with Crippen molar-refractivity contribution in [3.63, 3.8) is 0 Å². The molecule has 0 amide bonds. The summed E-state index contributed by atoms with van der Waals surface area (Å²) in [6.45, 7) is 0.965. The van der Waals surface area contributed by atoms with Crippen LogP contribution in [-0.2, 0) is 0 Å². The van der Waals surface area contributed by atoms with E-state index < -0.39 is 0 Å². The van der Waals surface area contributed by atoms with Gasteiger partial charge >= 0.3 is 0 Å². The first-order valence-electron chi connectivity index (χ1n) is 5.43. The molecule has 1 aliphatic carbocycles. The van der Waals surface area contributed by atoms with Crippen molar-refractivity contribution in [2.24, 2.45) is 0 Å². The van der Waals surface area contributed by atoms with Gasteiger partial charge in [-0.3, -0.25) is 0 Å². The normalized spacial score (nSPS) is 17.2. The molecule has 0 unspecified atom stereocenters. The Morgan fingerprint density at radius 3 is 2.81 bits per heavy atom. The fourth-order valence-electron chi connectivity index (χ4n) is 1.84. The summed E-state index contributed by atoms with van der Waals surface area (Å²) in [4.78, 5) is 4.20. The fraction of sp³-hybridized carbons (Fsp3) is 0.500. The molecule has 1 aromatic rings. The van der Waals surface area contributed by atoms with Gasteiger partial charge in [-0.25, -0.2) is 4.98 Å². The Kier molecular flexibility index (Phi) is 3.35. The predicted octanol–water partition coefficient (Wildman–Crippen LogP) is 2.65. The van der Waals surface area contributed by atoms with Gasteiger partial charge in [-0.1, -0.05) is 6.42 Å². The number of pyridine rings is 1. The molecule has 16 heavy (non-hydrogen) atoms. The molecule has 1 aliphatic rings. The quantitative estimate of drug-likeness (QED) is 0.868. The molecule has 0 bridgehead atoms. The maximum Gasteiger partial charge on any atom is 0.126 e. The van der Waals surface area contributed by atoms with Crippen LogP contribution in [0, 0.1) is 11.3 Å². The lowest BCUT2D eigenvalue weighted by molar-refractivity contribution is 0.379. The van der Waals surface area contributed by atoms with E-state index in [9.17, 15) is 0 Å². The lowest BCUT2D eigenvalue weighted by Crippen LogP contribution is -2.40. The molecule has 0 spiro atoms. The van der Waals surface area contributed by atoms with E-state index >= 15 is 0 Å². The Hall–Kier alpha value is -1.21. The summed E-state index contributed by atoms with van der Waals surface area (Å²) in [5, 5.41) is 12.0. The predicted molar refractivity (Wildman–Crippen MR) is 67.5 cm³/mol. The maximum atomic E-state index is 8.66. The summed E-state index contributed by atoms with van der Waals surface area (Å²) in [5.74, 6) is 0.860. The first-order chi connectivity index (χ1) is 7.78. The molecule has 0 aromatic carbocycles. The van der Waals surface area contributed by atoms with Gasteiger partial charge in [-0.2, -0.15) is 17.0 Å². The SMILES string of the molecule is CSC1(CNc2ccc(C#N)cn2)CCC1. The van der Waals surface area contributed by atoms with E-state index in [1.807, 2.05) is 17.8 Å². The molecule has 3 nitrogen and oxygen atoms in total. The summed E-state index contributed by atoms with van der Waals surface area (Å²) in [5.41, 5.74) is 0.605. The molecule has 1 fully saturated rings. The van der Waals surface area contributed by atoms with Crippen molar-refractivity contribution in [1.29, 1.82) is 5.26 Å². The lowest BCUT2D eigenvalue weighted by atomic mass is 9.84. The molecule has 4 heteroatoms. The number of thioether (sulfide) groups is 1. The molecule has 0 aliphatic heterocycles. The van der Waals surface area contributed by atoms with Gasteiger partial charge in [-0.15, -0.1) is 0 Å². The lowest BCUT2D eigenvalue weighted by Gasteiger charge is -2.40. The number of hydrogen-bond donors (Lipinski definition) is 1. The van der Waals surface area contributed by atoms with Crippen molar-refractivity contribution in [2.45, 2.75) is 24.0 Å². The van der Waals surface area contributed by atoms with Crippen molar-refractivity contribution < 1.29 is 0 Å². The van der Waals surface area contributed by atoms with Crippen molar-refractivity contribution in [3.8, 4) is 6.07 Å². The second kappa shape index (κ2) is 4.75. The second-order valence-corrected chi connectivity index (χ2v) is 5.41. The molecule has 2 rings (SSSR count). The topological polar surface area (TPSA) is 48.7 Å². The second-order valence-electron chi connectivity index (χ2n) is 4.14. The Morgan fingerprint density at radius 2 is 2.38 bits per heavy atom. The molecule has 0 saturated heterocycles. The number of hydrogen-bond acceptors (Lipinski definition) is 4. The van der Waals surface area contributed by atoms with Gasteiger partial charge in [0.1, 0.15) is 11.9 Å². The Bertz CT molecular complexity index is 384. The highest BCUT2D eigenvalue weighted by Crippen LogP contribution is 2.42. The molecular weight excluding hydrogens is 218 g/mol. The largest absolute Gasteiger partial charge is 0.369 e. The van der Waals surface area contributed by atoms with Crippen LogP contribution in [-0.4, -0.2) is 22.5 Å². The van der Waals surface area contributed by atoms with Crippen LogP contribution in [0.1, 0.15) is 24.8 Å². The van der Waals surface area contributed by atoms with E-state index in [1.165, 1.54) is 19.3 Å². The van der Waals surface area contributed by atoms with Crippen LogP contribution in [0.2, 0.25) is 0 Å². The van der Waals surface area contributed by atoms with Crippen molar-refractivity contribution in [1.82, 2.24) is 4.98 Å². The molecule has 1 saturated carbocycles. The zero-order valence-corrected chi connectivity index (χ0v) is 10.2. The number of nitrogens with one attached hydrogen (secondary N) is 1. The van der Waals surface area contributed by atoms with Gasteiger partial charge in [0.2, 0.25) is 0 Å². The minimum absolute atomic E-state index is 0.412. The molecular formula is C12H15N3S. The highest BCUT2D eigenvalue weighted by molar-refractivity contribution is 8.00. The van der Waals surface area contributed by atoms with Crippen LogP contribution in [0.3, 0.4) is 0 Å². The highest BCUT2D eigenvalue weighted by Gasteiger charge is 2.35. The number of nitrogens with zero attached hydrogens (tertiary/aromatic N) is 2. The van der Waals surface area contributed by atoms with Gasteiger partial charge in [0, 0.05) is 17.5 Å². The van der Waals surface area contributed by atoms with E-state index in [0.29, 0.717) is 10.3 Å². The molecule has 0 atom stereocenters. The van der Waals surface area contributed by atoms with Gasteiger partial charge in [-0.05, 0) is 31.2 Å². The monoisotopic (exact) mass is 233 g/mol. The van der Waals surface area contributed by atoms with Crippen molar-refractivity contribution >= 4 is 17.6 Å². The smallest absolute Gasteiger partial charge is 0.126 e. The van der Waals surface area contributed by atoms with Gasteiger partial charge in [0.05, 0.1) is 5.56 Å². The average molecular weight is 233 g/mol. The van der Waals surface area contributed by atoms with Crippen LogP contribution >= 0.6 is 11.8 Å². The van der Waals surface area contributed by atoms with Crippen LogP contribution < -0.4 is 5.32 Å². The van der Waals surface area contributed by atoms with E-state index in [2.05, 4.69) is 22.6 Å². The highest BCUT2D eigenvalue weighted by atomic mass is 32.2. The third-order valence-electron chi connectivity index (χ3n) is 3.18. The van der Waals surface area contributed by atoms with E-state index in [4.69, 9.17) is 5.26 Å². The Labute approximate surface area is 100 Å². The molecule has 1 heterocycles. The molecule has 1 N–H and O–H groups in total. The molecule has 1 aromatic heterocycles. The van der Waals surface area contributed by atoms with Crippen LogP contribution in [0.4, 0.5) is 5.82 Å². The minimum Gasteiger partial charge on any atom is -0.369 e. The number of aromatic nitrogens is 1. The third kappa shape index (κ3) is 2.30. The third-order valence-corrected chi connectivity index (χ3v) is 4.60. The first-order valence-corrected chi connectivity index (χ1v) is 6.66. The van der Waals surface area contributed by atoms with Crippen LogP contribution in [0.15, 0.2) is 18.3 Å². The van der Waals surface area contributed by atoms with Gasteiger partial charge in [0.15, 0.2) is 0 Å². The summed E-state index contributed by atoms with van der Waals surface area (Å²) in [7, 11) is 0. The van der Waals surface area contributed by atoms with E-state index in [-0.39, 0.29) is 0 Å². The minimum atomic E-state index is 0.412. The van der Waals surface area contributed by atoms with Gasteiger partial charge < -0.3 is 5.32 Å². The van der Waals surface area contributed by atoms with Crippen LogP contribution in [0.25, 0.3) is 0 Å². The van der Waals surface area contributed by atoms with E-state index in [1.54, 1.807) is 12.3 Å². The van der Waals surface area contributed by atoms with Gasteiger partial charge in [0.25, 0.3) is 0 Å². The van der Waals surface area contributed by atoms with Crippen molar-refractivity contribution in [3.05, 3.63) is 23.9 Å². The molecule has 84 valence electrons. The summed E-state index contributed by atoms with van der Waals surface area (Å²) < 4.78 is 0.412.